The number of rotatable bonds is 4. The average Bonchev–Trinajstić information content (AvgIpc) is 2.31. The summed E-state index contributed by atoms with van der Waals surface area (Å²) >= 11 is 3.25. The number of carbonyl (C=O) groups excluding carboxylic acids is 3. The molecule has 0 aromatic heterocycles. The van der Waals surface area contributed by atoms with Crippen LogP contribution in [-0.2, 0) is 19.0 Å². The fraction of sp³-hybridized carbons (Fsp3) is 0.833. The summed E-state index contributed by atoms with van der Waals surface area (Å²) < 4.78 is 16.0. The van der Waals surface area contributed by atoms with Crippen LogP contribution in [0, 0.1) is 0 Å². The third-order valence-corrected chi connectivity index (χ3v) is 3.01. The van der Waals surface area contributed by atoms with Gasteiger partial charge in [-0.05, 0) is 68.7 Å². The fourth-order valence-electron chi connectivity index (χ4n) is 1.78. The molecule has 0 aliphatic rings. The van der Waals surface area contributed by atoms with Gasteiger partial charge in [0.1, 0.15) is 22.8 Å². The number of esters is 1. The molecular formula is C18H32BrNO6. The lowest BCUT2D eigenvalue weighted by atomic mass is 10.1. The summed E-state index contributed by atoms with van der Waals surface area (Å²) in [6.45, 7) is 15.2. The molecule has 0 spiro atoms. The first kappa shape index (κ1) is 24.7. The predicted molar refractivity (Wildman–Crippen MR) is 102 cm³/mol. The van der Waals surface area contributed by atoms with Crippen molar-refractivity contribution in [1.82, 2.24) is 4.90 Å². The molecule has 0 bridgehead atoms. The highest BCUT2D eigenvalue weighted by Gasteiger charge is 2.41. The Morgan fingerprint density at radius 2 is 1.12 bits per heavy atom. The summed E-state index contributed by atoms with van der Waals surface area (Å²) in [5.74, 6) is -0.700. The first-order valence-corrected chi connectivity index (χ1v) is 9.63. The number of alkyl halides is 1. The Kier molecular flexibility index (Phi) is 8.60. The van der Waals surface area contributed by atoms with E-state index in [2.05, 4.69) is 15.9 Å². The maximum atomic E-state index is 12.7. The van der Waals surface area contributed by atoms with Crippen molar-refractivity contribution in [3.63, 3.8) is 0 Å². The number of nitrogens with zero attached hydrogens (tertiary/aromatic N) is 1. The van der Waals surface area contributed by atoms with Crippen LogP contribution < -0.4 is 0 Å². The van der Waals surface area contributed by atoms with Gasteiger partial charge < -0.3 is 14.2 Å². The van der Waals surface area contributed by atoms with Crippen LogP contribution in [0.25, 0.3) is 0 Å². The zero-order valence-corrected chi connectivity index (χ0v) is 18.9. The zero-order chi connectivity index (χ0) is 20.9. The summed E-state index contributed by atoms with van der Waals surface area (Å²) in [5.41, 5.74) is -2.45. The lowest BCUT2D eigenvalue weighted by Crippen LogP contribution is -2.53. The summed E-state index contributed by atoms with van der Waals surface area (Å²) in [5, 5.41) is 0.374. The maximum Gasteiger partial charge on any atom is 0.420 e. The molecule has 0 aliphatic carbocycles. The van der Waals surface area contributed by atoms with Crippen LogP contribution in [0.3, 0.4) is 0 Å². The van der Waals surface area contributed by atoms with E-state index in [0.717, 1.165) is 0 Å². The highest BCUT2D eigenvalue weighted by atomic mass is 79.9. The molecule has 7 nitrogen and oxygen atoms in total. The standard InChI is InChI=1S/C18H32BrNO6/c1-16(2,3)24-13(21)12(10-11-19)20(14(22)25-17(4,5)6)15(23)26-18(7,8)9/h12H,10-11H2,1-9H3/t12-/m0/s1. The van der Waals surface area contributed by atoms with Crippen molar-refractivity contribution in [2.75, 3.05) is 5.33 Å². The molecule has 1 atom stereocenters. The molecule has 0 N–H and O–H groups in total. The van der Waals surface area contributed by atoms with Crippen LogP contribution in [-0.4, -0.2) is 51.2 Å². The highest BCUT2D eigenvalue weighted by Crippen LogP contribution is 2.21. The molecule has 0 saturated heterocycles. The van der Waals surface area contributed by atoms with Gasteiger partial charge in [0.25, 0.3) is 0 Å². The van der Waals surface area contributed by atoms with Crippen molar-refractivity contribution in [2.45, 2.75) is 91.6 Å². The van der Waals surface area contributed by atoms with Gasteiger partial charge in [0, 0.05) is 5.33 Å². The Balaban J connectivity index is 5.83. The monoisotopic (exact) mass is 437 g/mol. The third-order valence-electron chi connectivity index (χ3n) is 2.55. The van der Waals surface area contributed by atoms with Crippen molar-refractivity contribution in [2.24, 2.45) is 0 Å². The Morgan fingerprint density at radius 3 is 1.38 bits per heavy atom. The van der Waals surface area contributed by atoms with Gasteiger partial charge in [-0.1, -0.05) is 15.9 Å². The van der Waals surface area contributed by atoms with Gasteiger partial charge in [-0.3, -0.25) is 0 Å². The smallest absolute Gasteiger partial charge is 0.420 e. The molecule has 0 heterocycles. The van der Waals surface area contributed by atoms with E-state index in [1.54, 1.807) is 62.3 Å². The molecule has 152 valence electrons. The topological polar surface area (TPSA) is 82.1 Å². The quantitative estimate of drug-likeness (QED) is 0.361. The number of imide groups is 1. The number of carbonyl (C=O) groups is 3. The van der Waals surface area contributed by atoms with Gasteiger partial charge in [0.2, 0.25) is 0 Å². The molecule has 0 rings (SSSR count). The minimum atomic E-state index is -1.17. The minimum absolute atomic E-state index is 0.160. The van der Waals surface area contributed by atoms with Crippen molar-refractivity contribution in [3.05, 3.63) is 0 Å². The van der Waals surface area contributed by atoms with Crippen molar-refractivity contribution < 1.29 is 28.6 Å². The van der Waals surface area contributed by atoms with E-state index in [1.165, 1.54) is 0 Å². The fourth-order valence-corrected chi connectivity index (χ4v) is 2.21. The van der Waals surface area contributed by atoms with Gasteiger partial charge in [-0.2, -0.15) is 4.90 Å². The Bertz CT molecular complexity index is 485. The van der Waals surface area contributed by atoms with E-state index >= 15 is 0 Å². The third kappa shape index (κ3) is 9.99. The lowest BCUT2D eigenvalue weighted by Gasteiger charge is -2.33. The predicted octanol–water partition coefficient (Wildman–Crippen LogP) is 4.65. The molecule has 0 fully saturated rings. The average molecular weight is 438 g/mol. The first-order valence-electron chi connectivity index (χ1n) is 8.51. The van der Waals surface area contributed by atoms with Crippen molar-refractivity contribution >= 4 is 34.1 Å². The lowest BCUT2D eigenvalue weighted by molar-refractivity contribution is -0.161. The molecular weight excluding hydrogens is 406 g/mol. The molecule has 0 aromatic rings. The molecule has 0 unspecified atom stereocenters. The molecule has 0 saturated carbocycles. The van der Waals surface area contributed by atoms with Crippen LogP contribution in [0.2, 0.25) is 0 Å². The summed E-state index contributed by atoms with van der Waals surface area (Å²) in [6, 6.07) is -1.17. The summed E-state index contributed by atoms with van der Waals surface area (Å²) in [6.07, 6.45) is -1.75. The van der Waals surface area contributed by atoms with Gasteiger partial charge in [-0.25, -0.2) is 14.4 Å². The van der Waals surface area contributed by atoms with Gasteiger partial charge in [0.05, 0.1) is 0 Å². The maximum absolute atomic E-state index is 12.7. The van der Waals surface area contributed by atoms with Gasteiger partial charge >= 0.3 is 18.2 Å². The highest BCUT2D eigenvalue weighted by molar-refractivity contribution is 9.09. The van der Waals surface area contributed by atoms with E-state index in [4.69, 9.17) is 14.2 Å². The molecule has 2 amide bonds. The second-order valence-electron chi connectivity index (χ2n) is 8.86. The normalized spacial score (nSPS) is 13.6. The Morgan fingerprint density at radius 1 is 0.769 bits per heavy atom. The number of hydrogen-bond donors (Lipinski definition) is 0. The molecule has 8 heteroatoms. The van der Waals surface area contributed by atoms with Crippen LogP contribution >= 0.6 is 15.9 Å². The Labute approximate surface area is 164 Å². The van der Waals surface area contributed by atoms with Crippen LogP contribution in [0.1, 0.15) is 68.7 Å². The number of halogens is 1. The van der Waals surface area contributed by atoms with E-state index in [0.29, 0.717) is 10.2 Å². The van der Waals surface area contributed by atoms with E-state index in [-0.39, 0.29) is 6.42 Å². The second-order valence-corrected chi connectivity index (χ2v) is 9.65. The largest absolute Gasteiger partial charge is 0.458 e. The van der Waals surface area contributed by atoms with Gasteiger partial charge in [0.15, 0.2) is 0 Å². The van der Waals surface area contributed by atoms with Gasteiger partial charge in [-0.15, -0.1) is 0 Å². The van der Waals surface area contributed by atoms with Crippen molar-refractivity contribution in [3.8, 4) is 0 Å². The summed E-state index contributed by atoms with van der Waals surface area (Å²) in [4.78, 5) is 38.6. The van der Waals surface area contributed by atoms with Crippen LogP contribution in [0.4, 0.5) is 9.59 Å². The molecule has 0 aliphatic heterocycles. The first-order chi connectivity index (χ1) is 11.5. The second kappa shape index (κ2) is 9.06. The zero-order valence-electron chi connectivity index (χ0n) is 17.3. The van der Waals surface area contributed by atoms with E-state index in [1.807, 2.05) is 0 Å². The molecule has 0 radical (unpaired) electrons. The number of ether oxygens (including phenoxy) is 3. The van der Waals surface area contributed by atoms with E-state index in [9.17, 15) is 14.4 Å². The van der Waals surface area contributed by atoms with Crippen LogP contribution in [0.5, 0.6) is 0 Å². The number of hydrogen-bond acceptors (Lipinski definition) is 6. The summed E-state index contributed by atoms with van der Waals surface area (Å²) in [7, 11) is 0. The van der Waals surface area contributed by atoms with Crippen LogP contribution in [0.15, 0.2) is 0 Å². The van der Waals surface area contributed by atoms with Crippen molar-refractivity contribution in [1.29, 1.82) is 0 Å². The molecule has 0 aromatic carbocycles. The minimum Gasteiger partial charge on any atom is -0.458 e. The number of amides is 2. The van der Waals surface area contributed by atoms with E-state index < -0.39 is 41.0 Å². The molecule has 26 heavy (non-hydrogen) atoms. The SMILES string of the molecule is CC(C)(C)OC(=O)[C@H](CCBr)N(C(=O)OC(C)(C)C)C(=O)OC(C)(C)C. The Hall–Kier alpha value is -1.31.